The van der Waals surface area contributed by atoms with Crippen LogP contribution in [0.5, 0.6) is 0 Å². The van der Waals surface area contributed by atoms with Gasteiger partial charge in [-0.2, -0.15) is 0 Å². The third-order valence-electron chi connectivity index (χ3n) is 2.50. The highest BCUT2D eigenvalue weighted by Crippen LogP contribution is 2.18. The van der Waals surface area contributed by atoms with Gasteiger partial charge in [0, 0.05) is 4.47 Å². The zero-order valence-corrected chi connectivity index (χ0v) is 11.4. The maximum atomic E-state index is 13.1. The van der Waals surface area contributed by atoms with E-state index in [9.17, 15) is 14.3 Å². The number of benzene rings is 1. The number of hydrogen-bond donors (Lipinski definition) is 2. The number of rotatable bonds is 4. The van der Waals surface area contributed by atoms with Crippen LogP contribution in [0, 0.1) is 5.82 Å². The Morgan fingerprint density at radius 3 is 2.95 bits per heavy atom. The molecule has 19 heavy (non-hydrogen) atoms. The van der Waals surface area contributed by atoms with Crippen molar-refractivity contribution in [2.24, 2.45) is 0 Å². The number of nitrogens with one attached hydrogen (secondary N) is 1. The lowest BCUT2D eigenvalue weighted by Gasteiger charge is -2.10. The van der Waals surface area contributed by atoms with Gasteiger partial charge >= 0.3 is 0 Å². The average molecular weight is 328 g/mol. The first kappa shape index (κ1) is 13.8. The van der Waals surface area contributed by atoms with E-state index in [0.29, 0.717) is 10.2 Å². The maximum absolute atomic E-state index is 13.1. The Bertz CT molecular complexity index is 571. The van der Waals surface area contributed by atoms with Crippen LogP contribution in [-0.4, -0.2) is 17.6 Å². The second kappa shape index (κ2) is 5.99. The normalized spacial score (nSPS) is 12.2. The molecule has 2 rings (SSSR count). The van der Waals surface area contributed by atoms with E-state index < -0.39 is 17.8 Å². The summed E-state index contributed by atoms with van der Waals surface area (Å²) in [6.45, 7) is -0.0186. The van der Waals surface area contributed by atoms with Crippen molar-refractivity contribution >= 4 is 21.8 Å². The molecular formula is C13H11BrFNO3. The lowest BCUT2D eigenvalue weighted by Crippen LogP contribution is -2.28. The van der Waals surface area contributed by atoms with Gasteiger partial charge in [0.25, 0.3) is 5.91 Å². The van der Waals surface area contributed by atoms with Crippen molar-refractivity contribution in [1.29, 1.82) is 0 Å². The standard InChI is InChI=1S/C13H11BrFNO3/c14-10-4-3-8(15)6-9(10)13(18)16-7-11(17)12-2-1-5-19-12/h1-6,11,17H,7H2,(H,16,18). The third-order valence-corrected chi connectivity index (χ3v) is 3.19. The van der Waals surface area contributed by atoms with Crippen LogP contribution in [-0.2, 0) is 0 Å². The summed E-state index contributed by atoms with van der Waals surface area (Å²) in [7, 11) is 0. The molecule has 0 fully saturated rings. The molecule has 4 nitrogen and oxygen atoms in total. The van der Waals surface area contributed by atoms with Gasteiger partial charge in [-0.3, -0.25) is 4.79 Å². The first-order chi connectivity index (χ1) is 9.08. The summed E-state index contributed by atoms with van der Waals surface area (Å²) >= 11 is 3.17. The molecule has 1 amide bonds. The minimum Gasteiger partial charge on any atom is -0.467 e. The fourth-order valence-corrected chi connectivity index (χ4v) is 1.96. The topological polar surface area (TPSA) is 62.5 Å². The van der Waals surface area contributed by atoms with Crippen LogP contribution < -0.4 is 5.32 Å². The first-order valence-corrected chi connectivity index (χ1v) is 6.32. The van der Waals surface area contributed by atoms with Crippen LogP contribution in [0.3, 0.4) is 0 Å². The van der Waals surface area contributed by atoms with Gasteiger partial charge in [0.1, 0.15) is 17.7 Å². The molecule has 0 bridgehead atoms. The summed E-state index contributed by atoms with van der Waals surface area (Å²) in [5.74, 6) is -0.615. The van der Waals surface area contributed by atoms with Gasteiger partial charge in [-0.15, -0.1) is 0 Å². The minimum atomic E-state index is -0.939. The summed E-state index contributed by atoms with van der Waals surface area (Å²) in [5.41, 5.74) is 0.173. The molecule has 0 saturated carbocycles. The molecule has 0 aliphatic carbocycles. The Kier molecular flexibility index (Phi) is 4.34. The summed E-state index contributed by atoms with van der Waals surface area (Å²) in [4.78, 5) is 11.8. The van der Waals surface area contributed by atoms with Crippen molar-refractivity contribution in [1.82, 2.24) is 5.32 Å². The monoisotopic (exact) mass is 327 g/mol. The molecular weight excluding hydrogens is 317 g/mol. The highest BCUT2D eigenvalue weighted by atomic mass is 79.9. The highest BCUT2D eigenvalue weighted by Gasteiger charge is 2.15. The fourth-order valence-electron chi connectivity index (χ4n) is 1.54. The quantitative estimate of drug-likeness (QED) is 0.907. The summed E-state index contributed by atoms with van der Waals surface area (Å²) in [5, 5.41) is 12.2. The lowest BCUT2D eigenvalue weighted by molar-refractivity contribution is 0.0900. The largest absolute Gasteiger partial charge is 0.467 e. The van der Waals surface area contributed by atoms with Gasteiger partial charge in [-0.05, 0) is 46.3 Å². The van der Waals surface area contributed by atoms with Crippen molar-refractivity contribution in [2.45, 2.75) is 6.10 Å². The van der Waals surface area contributed by atoms with E-state index in [1.165, 1.54) is 18.4 Å². The Morgan fingerprint density at radius 1 is 1.47 bits per heavy atom. The number of halogens is 2. The molecule has 0 radical (unpaired) electrons. The number of furan rings is 1. The van der Waals surface area contributed by atoms with Gasteiger partial charge in [0.2, 0.25) is 0 Å². The van der Waals surface area contributed by atoms with E-state index in [2.05, 4.69) is 21.2 Å². The molecule has 2 aromatic rings. The van der Waals surface area contributed by atoms with E-state index in [4.69, 9.17) is 4.42 Å². The summed E-state index contributed by atoms with van der Waals surface area (Å²) < 4.78 is 18.6. The summed E-state index contributed by atoms with van der Waals surface area (Å²) in [6, 6.07) is 7.07. The second-order valence-corrected chi connectivity index (χ2v) is 4.72. The molecule has 1 aromatic heterocycles. The van der Waals surface area contributed by atoms with E-state index in [-0.39, 0.29) is 12.1 Å². The molecule has 0 saturated heterocycles. The van der Waals surface area contributed by atoms with Crippen LogP contribution in [0.15, 0.2) is 45.5 Å². The Morgan fingerprint density at radius 2 is 2.26 bits per heavy atom. The van der Waals surface area contributed by atoms with Crippen LogP contribution >= 0.6 is 15.9 Å². The maximum Gasteiger partial charge on any atom is 0.252 e. The van der Waals surface area contributed by atoms with Crippen molar-refractivity contribution < 1.29 is 18.7 Å². The molecule has 0 aliphatic heterocycles. The van der Waals surface area contributed by atoms with Crippen molar-refractivity contribution in [3.63, 3.8) is 0 Å². The first-order valence-electron chi connectivity index (χ1n) is 5.52. The summed E-state index contributed by atoms with van der Waals surface area (Å²) in [6.07, 6.45) is 0.495. The predicted molar refractivity (Wildman–Crippen MR) is 70.1 cm³/mol. The number of hydrogen-bond acceptors (Lipinski definition) is 3. The van der Waals surface area contributed by atoms with Gasteiger partial charge in [-0.25, -0.2) is 4.39 Å². The molecule has 1 unspecified atom stereocenters. The van der Waals surface area contributed by atoms with Crippen LogP contribution in [0.1, 0.15) is 22.2 Å². The molecule has 1 atom stereocenters. The van der Waals surface area contributed by atoms with Gasteiger partial charge in [0.05, 0.1) is 18.4 Å². The fraction of sp³-hybridized carbons (Fsp3) is 0.154. The van der Waals surface area contributed by atoms with E-state index in [1.54, 1.807) is 12.1 Å². The van der Waals surface area contributed by atoms with Crippen LogP contribution in [0.2, 0.25) is 0 Å². The molecule has 0 spiro atoms. The highest BCUT2D eigenvalue weighted by molar-refractivity contribution is 9.10. The Balaban J connectivity index is 2.00. The zero-order chi connectivity index (χ0) is 13.8. The Hall–Kier alpha value is -1.66. The van der Waals surface area contributed by atoms with E-state index in [0.717, 1.165) is 6.07 Å². The van der Waals surface area contributed by atoms with Crippen molar-refractivity contribution in [2.75, 3.05) is 6.54 Å². The predicted octanol–water partition coefficient (Wildman–Crippen LogP) is 2.64. The molecule has 0 aliphatic rings. The van der Waals surface area contributed by atoms with Gasteiger partial charge < -0.3 is 14.8 Å². The van der Waals surface area contributed by atoms with Crippen molar-refractivity contribution in [3.05, 3.63) is 58.2 Å². The average Bonchev–Trinajstić information content (AvgIpc) is 2.92. The van der Waals surface area contributed by atoms with Crippen molar-refractivity contribution in [3.8, 4) is 0 Å². The zero-order valence-electron chi connectivity index (χ0n) is 9.77. The third kappa shape index (κ3) is 3.42. The lowest BCUT2D eigenvalue weighted by atomic mass is 10.2. The SMILES string of the molecule is O=C(NCC(O)c1ccco1)c1cc(F)ccc1Br. The smallest absolute Gasteiger partial charge is 0.252 e. The van der Waals surface area contributed by atoms with E-state index in [1.807, 2.05) is 0 Å². The number of carbonyl (C=O) groups is 1. The number of aliphatic hydroxyl groups excluding tert-OH is 1. The number of amides is 1. The second-order valence-electron chi connectivity index (χ2n) is 3.87. The van der Waals surface area contributed by atoms with Gasteiger partial charge in [-0.1, -0.05) is 0 Å². The van der Waals surface area contributed by atoms with Gasteiger partial charge in [0.15, 0.2) is 0 Å². The molecule has 6 heteroatoms. The Labute approximate surface area is 117 Å². The number of carbonyl (C=O) groups excluding carboxylic acids is 1. The number of aliphatic hydroxyl groups is 1. The molecule has 100 valence electrons. The molecule has 1 aromatic carbocycles. The van der Waals surface area contributed by atoms with E-state index >= 15 is 0 Å². The van der Waals surface area contributed by atoms with Crippen LogP contribution in [0.4, 0.5) is 4.39 Å². The molecule has 2 N–H and O–H groups in total. The van der Waals surface area contributed by atoms with Crippen LogP contribution in [0.25, 0.3) is 0 Å². The minimum absolute atomic E-state index is 0.0186. The molecule has 1 heterocycles.